The minimum Gasteiger partial charge on any atom is -0.396 e. The maximum atomic E-state index is 9.05. The Morgan fingerprint density at radius 3 is 2.91 bits per heavy atom. The summed E-state index contributed by atoms with van der Waals surface area (Å²) in [5, 5.41) is 9.05. The zero-order chi connectivity index (χ0) is 8.10. The third kappa shape index (κ3) is 2.65. The van der Waals surface area contributed by atoms with Gasteiger partial charge in [-0.2, -0.15) is 11.8 Å². The molecule has 2 nitrogen and oxygen atoms in total. The topological polar surface area (TPSA) is 46.2 Å². The van der Waals surface area contributed by atoms with Gasteiger partial charge in [0.15, 0.2) is 0 Å². The van der Waals surface area contributed by atoms with Gasteiger partial charge in [0.1, 0.15) is 0 Å². The van der Waals surface area contributed by atoms with Crippen LogP contribution in [-0.4, -0.2) is 29.8 Å². The highest BCUT2D eigenvalue weighted by Gasteiger charge is 2.23. The molecule has 1 aliphatic rings. The lowest BCUT2D eigenvalue weighted by atomic mass is 9.90. The number of aliphatic hydroxyl groups excluding tert-OH is 1. The van der Waals surface area contributed by atoms with E-state index < -0.39 is 0 Å². The van der Waals surface area contributed by atoms with Crippen LogP contribution in [0.5, 0.6) is 0 Å². The van der Waals surface area contributed by atoms with Crippen molar-refractivity contribution in [3.05, 3.63) is 0 Å². The summed E-state index contributed by atoms with van der Waals surface area (Å²) in [7, 11) is 0. The van der Waals surface area contributed by atoms with Crippen molar-refractivity contribution in [1.29, 1.82) is 0 Å². The molecular weight excluding hydrogens is 158 g/mol. The van der Waals surface area contributed by atoms with Crippen molar-refractivity contribution in [2.45, 2.75) is 12.8 Å². The summed E-state index contributed by atoms with van der Waals surface area (Å²) in [6.07, 6.45) is 2.26. The van der Waals surface area contributed by atoms with Crippen LogP contribution in [0.1, 0.15) is 12.8 Å². The standard InChI is InChI=1S/C8H17NOS/c9-3-1-7(5-10)8-2-4-11-6-8/h7-8,10H,1-6,9H2. The second-order valence-electron chi connectivity index (χ2n) is 3.14. The predicted octanol–water partition coefficient (Wildman–Crippen LogP) is 0.697. The fraction of sp³-hybridized carbons (Fsp3) is 1.00. The SMILES string of the molecule is NCCC(CO)C1CCSC1. The summed E-state index contributed by atoms with van der Waals surface area (Å²) in [6, 6.07) is 0. The highest BCUT2D eigenvalue weighted by atomic mass is 32.2. The monoisotopic (exact) mass is 175 g/mol. The summed E-state index contributed by atoms with van der Waals surface area (Å²) < 4.78 is 0. The van der Waals surface area contributed by atoms with Crippen molar-refractivity contribution >= 4 is 11.8 Å². The summed E-state index contributed by atoms with van der Waals surface area (Å²) in [4.78, 5) is 0. The second kappa shape index (κ2) is 5.01. The minimum absolute atomic E-state index is 0.322. The predicted molar refractivity (Wildman–Crippen MR) is 49.7 cm³/mol. The van der Waals surface area contributed by atoms with Gasteiger partial charge in [-0.1, -0.05) is 0 Å². The molecule has 0 amide bonds. The van der Waals surface area contributed by atoms with Crippen LogP contribution in [0.4, 0.5) is 0 Å². The molecule has 1 fully saturated rings. The Bertz CT molecular complexity index is 104. The van der Waals surface area contributed by atoms with Gasteiger partial charge in [-0.15, -0.1) is 0 Å². The average molecular weight is 175 g/mol. The Morgan fingerprint density at radius 2 is 2.45 bits per heavy atom. The molecule has 0 aromatic rings. The van der Waals surface area contributed by atoms with E-state index in [1.807, 2.05) is 11.8 Å². The van der Waals surface area contributed by atoms with E-state index in [9.17, 15) is 0 Å². The normalized spacial score (nSPS) is 27.3. The molecule has 2 atom stereocenters. The number of hydrogen-bond acceptors (Lipinski definition) is 3. The van der Waals surface area contributed by atoms with Gasteiger partial charge >= 0.3 is 0 Å². The van der Waals surface area contributed by atoms with Gasteiger partial charge in [-0.25, -0.2) is 0 Å². The molecule has 2 unspecified atom stereocenters. The molecule has 1 saturated heterocycles. The molecule has 1 aliphatic heterocycles. The van der Waals surface area contributed by atoms with Crippen molar-refractivity contribution in [3.63, 3.8) is 0 Å². The van der Waals surface area contributed by atoms with E-state index in [-0.39, 0.29) is 0 Å². The lowest BCUT2D eigenvalue weighted by molar-refractivity contribution is 0.178. The van der Waals surface area contributed by atoms with E-state index in [2.05, 4.69) is 0 Å². The van der Waals surface area contributed by atoms with Crippen LogP contribution in [0.3, 0.4) is 0 Å². The Kier molecular flexibility index (Phi) is 4.26. The number of rotatable bonds is 4. The smallest absolute Gasteiger partial charge is 0.0462 e. The molecule has 66 valence electrons. The van der Waals surface area contributed by atoms with Crippen molar-refractivity contribution < 1.29 is 5.11 Å². The number of nitrogens with two attached hydrogens (primary N) is 1. The van der Waals surface area contributed by atoms with Gasteiger partial charge < -0.3 is 10.8 Å². The maximum Gasteiger partial charge on any atom is 0.0462 e. The van der Waals surface area contributed by atoms with Crippen LogP contribution >= 0.6 is 11.8 Å². The Morgan fingerprint density at radius 1 is 1.64 bits per heavy atom. The van der Waals surface area contributed by atoms with Gasteiger partial charge in [0.25, 0.3) is 0 Å². The number of aliphatic hydroxyl groups is 1. The molecule has 0 spiro atoms. The molecule has 3 N–H and O–H groups in total. The molecular formula is C8H17NOS. The van der Waals surface area contributed by atoms with Crippen molar-refractivity contribution in [3.8, 4) is 0 Å². The van der Waals surface area contributed by atoms with Crippen LogP contribution in [-0.2, 0) is 0 Å². The van der Waals surface area contributed by atoms with E-state index in [1.54, 1.807) is 0 Å². The summed E-state index contributed by atoms with van der Waals surface area (Å²) >= 11 is 2.00. The first-order chi connectivity index (χ1) is 5.38. The van der Waals surface area contributed by atoms with Crippen LogP contribution in [0.15, 0.2) is 0 Å². The summed E-state index contributed by atoms with van der Waals surface area (Å²) in [5.41, 5.74) is 5.45. The molecule has 11 heavy (non-hydrogen) atoms. The molecule has 1 heterocycles. The first-order valence-electron chi connectivity index (χ1n) is 4.27. The molecule has 3 heteroatoms. The quantitative estimate of drug-likeness (QED) is 0.661. The Hall–Kier alpha value is 0.270. The van der Waals surface area contributed by atoms with Crippen LogP contribution in [0.2, 0.25) is 0 Å². The number of thioether (sulfide) groups is 1. The zero-order valence-electron chi connectivity index (χ0n) is 6.83. The second-order valence-corrected chi connectivity index (χ2v) is 4.29. The molecule has 0 bridgehead atoms. The Labute approximate surface area is 72.5 Å². The molecule has 0 aliphatic carbocycles. The van der Waals surface area contributed by atoms with E-state index in [1.165, 1.54) is 17.9 Å². The van der Waals surface area contributed by atoms with Gasteiger partial charge in [-0.3, -0.25) is 0 Å². The van der Waals surface area contributed by atoms with Gasteiger partial charge in [0.2, 0.25) is 0 Å². The van der Waals surface area contributed by atoms with E-state index in [4.69, 9.17) is 10.8 Å². The van der Waals surface area contributed by atoms with Crippen LogP contribution < -0.4 is 5.73 Å². The first-order valence-corrected chi connectivity index (χ1v) is 5.42. The highest BCUT2D eigenvalue weighted by Crippen LogP contribution is 2.30. The van der Waals surface area contributed by atoms with Crippen LogP contribution in [0.25, 0.3) is 0 Å². The molecule has 0 aromatic heterocycles. The zero-order valence-corrected chi connectivity index (χ0v) is 7.65. The van der Waals surface area contributed by atoms with Gasteiger partial charge in [-0.05, 0) is 42.7 Å². The lowest BCUT2D eigenvalue weighted by Gasteiger charge is -2.19. The lowest BCUT2D eigenvalue weighted by Crippen LogP contribution is -2.21. The summed E-state index contributed by atoms with van der Waals surface area (Å²) in [5.74, 6) is 3.69. The van der Waals surface area contributed by atoms with E-state index in [0.717, 1.165) is 12.3 Å². The fourth-order valence-corrected chi connectivity index (χ4v) is 2.99. The largest absolute Gasteiger partial charge is 0.396 e. The Balaban J connectivity index is 2.27. The summed E-state index contributed by atoms with van der Waals surface area (Å²) in [6.45, 7) is 1.04. The van der Waals surface area contributed by atoms with Crippen molar-refractivity contribution in [2.75, 3.05) is 24.7 Å². The average Bonchev–Trinajstić information content (AvgIpc) is 2.52. The van der Waals surface area contributed by atoms with Crippen LogP contribution in [0, 0.1) is 11.8 Å². The molecule has 0 aromatic carbocycles. The first kappa shape index (κ1) is 9.36. The minimum atomic E-state index is 0.322. The third-order valence-corrected chi connectivity index (χ3v) is 3.59. The molecule has 1 rings (SSSR count). The van der Waals surface area contributed by atoms with E-state index in [0.29, 0.717) is 19.1 Å². The maximum absolute atomic E-state index is 9.05. The van der Waals surface area contributed by atoms with Gasteiger partial charge in [0, 0.05) is 6.61 Å². The molecule has 0 radical (unpaired) electrons. The fourth-order valence-electron chi connectivity index (χ4n) is 1.61. The molecule has 0 saturated carbocycles. The van der Waals surface area contributed by atoms with Crippen molar-refractivity contribution in [1.82, 2.24) is 0 Å². The third-order valence-electron chi connectivity index (χ3n) is 2.40. The van der Waals surface area contributed by atoms with Gasteiger partial charge in [0.05, 0.1) is 0 Å². The number of hydrogen-bond donors (Lipinski definition) is 2. The van der Waals surface area contributed by atoms with E-state index >= 15 is 0 Å². The highest BCUT2D eigenvalue weighted by molar-refractivity contribution is 7.99. The van der Waals surface area contributed by atoms with Crippen molar-refractivity contribution in [2.24, 2.45) is 17.6 Å².